The molecule has 0 spiro atoms. The fourth-order valence-electron chi connectivity index (χ4n) is 3.97. The fourth-order valence-corrected chi connectivity index (χ4v) is 4.15. The van der Waals surface area contributed by atoms with Crippen molar-refractivity contribution in [1.29, 1.82) is 0 Å². The Balaban J connectivity index is 1.42. The molecular weight excluding hydrogens is 402 g/mol. The maximum Gasteiger partial charge on any atom is 0.249 e. The second-order valence-corrected chi connectivity index (χ2v) is 8.27. The molecule has 4 rings (SSSR count). The number of rotatable bonds is 4. The number of hydrogen-bond acceptors (Lipinski definition) is 4. The molecule has 0 aliphatic carbocycles. The molecule has 6 nitrogen and oxygen atoms in total. The van der Waals surface area contributed by atoms with Gasteiger partial charge in [0, 0.05) is 43.4 Å². The average molecular weight is 428 g/mol. The molecule has 2 fully saturated rings. The zero-order valence-corrected chi connectivity index (χ0v) is 17.8. The lowest BCUT2D eigenvalue weighted by Gasteiger charge is -2.41. The van der Waals surface area contributed by atoms with E-state index in [1.165, 1.54) is 0 Å². The lowest BCUT2D eigenvalue weighted by molar-refractivity contribution is -0.160. The van der Waals surface area contributed by atoms with Gasteiger partial charge in [-0.05, 0) is 30.7 Å². The average Bonchev–Trinajstić information content (AvgIpc) is 2.76. The van der Waals surface area contributed by atoms with Crippen molar-refractivity contribution in [3.63, 3.8) is 0 Å². The molecule has 2 amide bonds. The summed E-state index contributed by atoms with van der Waals surface area (Å²) in [5.74, 6) is -0.182. The molecule has 2 saturated heterocycles. The van der Waals surface area contributed by atoms with Crippen LogP contribution in [-0.4, -0.2) is 67.0 Å². The largest absolute Gasteiger partial charge is 0.369 e. The van der Waals surface area contributed by atoms with E-state index in [1.54, 1.807) is 4.90 Å². The molecule has 0 saturated carbocycles. The lowest BCUT2D eigenvalue weighted by Crippen LogP contribution is -2.59. The van der Waals surface area contributed by atoms with Crippen molar-refractivity contribution in [3.8, 4) is 0 Å². The van der Waals surface area contributed by atoms with E-state index in [1.807, 2.05) is 60.4 Å². The first-order chi connectivity index (χ1) is 14.5. The van der Waals surface area contributed by atoms with Crippen molar-refractivity contribution in [3.05, 3.63) is 64.7 Å². The van der Waals surface area contributed by atoms with E-state index in [9.17, 15) is 9.59 Å². The predicted octanol–water partition coefficient (Wildman–Crippen LogP) is 2.72. The van der Waals surface area contributed by atoms with E-state index in [2.05, 4.69) is 4.90 Å². The number of morpholine rings is 1. The van der Waals surface area contributed by atoms with Crippen molar-refractivity contribution in [2.45, 2.75) is 19.5 Å². The van der Waals surface area contributed by atoms with Crippen LogP contribution in [0.25, 0.3) is 0 Å². The Kier molecular flexibility index (Phi) is 6.25. The highest BCUT2D eigenvalue weighted by Crippen LogP contribution is 2.22. The molecule has 2 aliphatic rings. The van der Waals surface area contributed by atoms with Gasteiger partial charge < -0.3 is 19.4 Å². The van der Waals surface area contributed by atoms with Gasteiger partial charge in [0.25, 0.3) is 0 Å². The van der Waals surface area contributed by atoms with Gasteiger partial charge in [-0.1, -0.05) is 47.5 Å². The molecule has 0 unspecified atom stereocenters. The molecule has 2 aliphatic heterocycles. The van der Waals surface area contributed by atoms with Crippen molar-refractivity contribution in [2.24, 2.45) is 0 Å². The summed E-state index contributed by atoms with van der Waals surface area (Å²) in [5.41, 5.74) is 3.24. The van der Waals surface area contributed by atoms with Crippen molar-refractivity contribution >= 4 is 29.1 Å². The molecule has 2 heterocycles. The Bertz CT molecular complexity index is 910. The summed E-state index contributed by atoms with van der Waals surface area (Å²) in [6, 6.07) is 15.2. The second kappa shape index (κ2) is 9.06. The van der Waals surface area contributed by atoms with Gasteiger partial charge in [-0.15, -0.1) is 0 Å². The summed E-state index contributed by atoms with van der Waals surface area (Å²) in [5, 5.41) is 0.704. The van der Waals surface area contributed by atoms with Crippen LogP contribution in [0.2, 0.25) is 5.02 Å². The van der Waals surface area contributed by atoms with Crippen LogP contribution in [0.5, 0.6) is 0 Å². The van der Waals surface area contributed by atoms with Gasteiger partial charge in [-0.3, -0.25) is 9.59 Å². The van der Waals surface area contributed by atoms with E-state index < -0.39 is 6.04 Å². The molecule has 7 heteroatoms. The first-order valence-corrected chi connectivity index (χ1v) is 10.6. The molecule has 1 atom stereocenters. The first-order valence-electron chi connectivity index (χ1n) is 10.2. The highest BCUT2D eigenvalue weighted by atomic mass is 35.5. The van der Waals surface area contributed by atoms with E-state index >= 15 is 0 Å². The maximum absolute atomic E-state index is 13.3. The summed E-state index contributed by atoms with van der Waals surface area (Å²) in [4.78, 5) is 31.5. The first kappa shape index (κ1) is 20.7. The fraction of sp³-hybridized carbons (Fsp3) is 0.391. The molecule has 0 N–H and O–H groups in total. The molecule has 2 aromatic rings. The maximum atomic E-state index is 13.3. The minimum absolute atomic E-state index is 0.0260. The minimum atomic E-state index is -0.578. The zero-order valence-electron chi connectivity index (χ0n) is 17.1. The van der Waals surface area contributed by atoms with Crippen LogP contribution in [0.3, 0.4) is 0 Å². The standard InChI is InChI=1S/C23H26ClN3O3/c1-17-5-7-18(8-6-17)14-27-21(15-30-16-22(27)28)23(29)26-11-9-25(10-12-26)20-4-2-3-19(24)13-20/h2-8,13,21H,9-12,14-16H2,1H3/t21-/m0/s1. The van der Waals surface area contributed by atoms with E-state index in [-0.39, 0.29) is 25.0 Å². The third kappa shape index (κ3) is 4.60. The molecule has 158 valence electrons. The second-order valence-electron chi connectivity index (χ2n) is 7.83. The van der Waals surface area contributed by atoms with Crippen LogP contribution in [0, 0.1) is 6.92 Å². The molecule has 0 aromatic heterocycles. The Morgan fingerprint density at radius 2 is 1.83 bits per heavy atom. The van der Waals surface area contributed by atoms with Crippen LogP contribution in [0.15, 0.2) is 48.5 Å². The monoisotopic (exact) mass is 427 g/mol. The van der Waals surface area contributed by atoms with E-state index in [0.717, 1.165) is 29.9 Å². The normalized spacial score (nSPS) is 19.9. The van der Waals surface area contributed by atoms with Crippen LogP contribution >= 0.6 is 11.6 Å². The third-order valence-corrected chi connectivity index (χ3v) is 5.96. The number of benzene rings is 2. The topological polar surface area (TPSA) is 53.1 Å². The number of carbonyl (C=O) groups is 2. The highest BCUT2D eigenvalue weighted by molar-refractivity contribution is 6.30. The van der Waals surface area contributed by atoms with Crippen LogP contribution in [0.4, 0.5) is 5.69 Å². The van der Waals surface area contributed by atoms with Crippen molar-refractivity contribution < 1.29 is 14.3 Å². The van der Waals surface area contributed by atoms with Crippen LogP contribution < -0.4 is 4.90 Å². The summed E-state index contributed by atoms with van der Waals surface area (Å²) in [7, 11) is 0. The predicted molar refractivity (Wildman–Crippen MR) is 117 cm³/mol. The summed E-state index contributed by atoms with van der Waals surface area (Å²) in [6.45, 7) is 5.38. The Hall–Kier alpha value is -2.57. The zero-order chi connectivity index (χ0) is 21.1. The summed E-state index contributed by atoms with van der Waals surface area (Å²) >= 11 is 6.11. The van der Waals surface area contributed by atoms with Gasteiger partial charge in [0.15, 0.2) is 0 Å². The quantitative estimate of drug-likeness (QED) is 0.752. The SMILES string of the molecule is Cc1ccc(CN2C(=O)COC[C@H]2C(=O)N2CCN(c3cccc(Cl)c3)CC2)cc1. The molecule has 2 aromatic carbocycles. The number of amides is 2. The molecule has 0 bridgehead atoms. The van der Waals surface area contributed by atoms with Gasteiger partial charge in [0.2, 0.25) is 11.8 Å². The number of nitrogens with zero attached hydrogens (tertiary/aromatic N) is 3. The number of piperazine rings is 1. The van der Waals surface area contributed by atoms with Gasteiger partial charge in [-0.25, -0.2) is 0 Å². The highest BCUT2D eigenvalue weighted by Gasteiger charge is 2.37. The van der Waals surface area contributed by atoms with E-state index in [4.69, 9.17) is 16.3 Å². The number of halogens is 1. The number of hydrogen-bond donors (Lipinski definition) is 0. The molecular formula is C23H26ClN3O3. The van der Waals surface area contributed by atoms with Gasteiger partial charge >= 0.3 is 0 Å². The van der Waals surface area contributed by atoms with Gasteiger partial charge in [0.05, 0.1) is 6.61 Å². The lowest BCUT2D eigenvalue weighted by atomic mass is 10.1. The summed E-state index contributed by atoms with van der Waals surface area (Å²) < 4.78 is 5.43. The minimum Gasteiger partial charge on any atom is -0.369 e. The Labute approximate surface area is 182 Å². The summed E-state index contributed by atoms with van der Waals surface area (Å²) in [6.07, 6.45) is 0. The third-order valence-electron chi connectivity index (χ3n) is 5.72. The molecule has 0 radical (unpaired) electrons. The smallest absolute Gasteiger partial charge is 0.249 e. The van der Waals surface area contributed by atoms with Gasteiger partial charge in [0.1, 0.15) is 12.6 Å². The molecule has 30 heavy (non-hydrogen) atoms. The van der Waals surface area contributed by atoms with Crippen molar-refractivity contribution in [1.82, 2.24) is 9.80 Å². The number of anilines is 1. The number of aryl methyl sites for hydroxylation is 1. The van der Waals surface area contributed by atoms with Gasteiger partial charge in [-0.2, -0.15) is 0 Å². The van der Waals surface area contributed by atoms with Crippen molar-refractivity contribution in [2.75, 3.05) is 44.3 Å². The van der Waals surface area contributed by atoms with Crippen LogP contribution in [0.1, 0.15) is 11.1 Å². The Morgan fingerprint density at radius 3 is 2.53 bits per heavy atom. The van der Waals surface area contributed by atoms with Crippen LogP contribution in [-0.2, 0) is 20.9 Å². The Morgan fingerprint density at radius 1 is 1.10 bits per heavy atom. The van der Waals surface area contributed by atoms with E-state index in [0.29, 0.717) is 24.7 Å². The number of ether oxygens (including phenoxy) is 1. The number of carbonyl (C=O) groups excluding carboxylic acids is 2.